The number of benzene rings is 1. The third-order valence-electron chi connectivity index (χ3n) is 9.72. The second kappa shape index (κ2) is 8.31. The lowest BCUT2D eigenvalue weighted by Gasteiger charge is -2.62. The predicted molar refractivity (Wildman–Crippen MR) is 130 cm³/mol. The van der Waals surface area contributed by atoms with Gasteiger partial charge in [0.2, 0.25) is 5.91 Å². The number of hydrogen-bond acceptors (Lipinski definition) is 6. The molecule has 1 amide bonds. The molecule has 35 heavy (non-hydrogen) atoms. The Bertz CT molecular complexity index is 1040. The minimum atomic E-state index is -0.633. The average Bonchev–Trinajstić information content (AvgIpc) is 3.50. The van der Waals surface area contributed by atoms with E-state index >= 15 is 0 Å². The zero-order valence-electron chi connectivity index (χ0n) is 20.5. The van der Waals surface area contributed by atoms with Crippen LogP contribution in [0, 0.1) is 34.5 Å². The van der Waals surface area contributed by atoms with Crippen LogP contribution in [0.1, 0.15) is 56.9 Å². The normalized spacial score (nSPS) is 40.0. The van der Waals surface area contributed by atoms with Gasteiger partial charge in [-0.2, -0.15) is 5.26 Å². The molecule has 186 valence electrons. The molecule has 0 aromatic heterocycles. The summed E-state index contributed by atoms with van der Waals surface area (Å²) in [6, 6.07) is 11.1. The van der Waals surface area contributed by atoms with Gasteiger partial charge in [0.05, 0.1) is 12.1 Å². The summed E-state index contributed by atoms with van der Waals surface area (Å²) in [5.41, 5.74) is 7.03. The summed E-state index contributed by atoms with van der Waals surface area (Å²) in [6.45, 7) is 0. The number of fused-ring (bicyclic) bond motifs is 1. The molecule has 1 saturated heterocycles. The van der Waals surface area contributed by atoms with Crippen molar-refractivity contribution in [3.63, 3.8) is 0 Å². The molecule has 1 aliphatic heterocycles. The summed E-state index contributed by atoms with van der Waals surface area (Å²) < 4.78 is 6.39. The fourth-order valence-corrected chi connectivity index (χ4v) is 8.48. The molecule has 4 bridgehead atoms. The standard InChI is InChI=1S/C28H36N4O3/c1-31-22(8-17-5-3-2-4-6-17)26(34)35-28-13-18-7-19(14-28)12-27(11-18,16-28)24(30)25(33)32-21(15-29)9-20-10-23(20)32/h2-6,18-24,31H,7-14,16,30H2,1H3/t18?,19?,20-,21+,22+,23+,24-,27?,28?/m1/s1. The molecule has 1 aromatic rings. The van der Waals surface area contributed by atoms with Gasteiger partial charge in [-0.05, 0) is 93.6 Å². The molecule has 6 fully saturated rings. The fraction of sp³-hybridized carbons (Fsp3) is 0.679. The lowest BCUT2D eigenvalue weighted by molar-refractivity contribution is -0.207. The molecule has 3 N–H and O–H groups in total. The number of carbonyl (C=O) groups is 2. The monoisotopic (exact) mass is 476 g/mol. The smallest absolute Gasteiger partial charge is 0.324 e. The summed E-state index contributed by atoms with van der Waals surface area (Å²) >= 11 is 0. The van der Waals surface area contributed by atoms with Crippen molar-refractivity contribution >= 4 is 11.9 Å². The van der Waals surface area contributed by atoms with E-state index in [-0.39, 0.29) is 29.4 Å². The van der Waals surface area contributed by atoms with Crippen molar-refractivity contribution in [2.45, 2.75) is 87.6 Å². The fourth-order valence-electron chi connectivity index (χ4n) is 8.48. The molecule has 7 heteroatoms. The molecular formula is C28H36N4O3. The van der Waals surface area contributed by atoms with Gasteiger partial charge < -0.3 is 20.7 Å². The van der Waals surface area contributed by atoms with Gasteiger partial charge in [0.15, 0.2) is 0 Å². The number of nitriles is 1. The molecule has 5 saturated carbocycles. The van der Waals surface area contributed by atoms with Gasteiger partial charge in [-0.15, -0.1) is 0 Å². The number of piperidine rings is 1. The minimum absolute atomic E-state index is 0.0536. The Morgan fingerprint density at radius 1 is 1.17 bits per heavy atom. The van der Waals surface area contributed by atoms with Gasteiger partial charge in [-0.3, -0.25) is 9.59 Å². The molecule has 2 unspecified atom stereocenters. The van der Waals surface area contributed by atoms with Crippen LogP contribution >= 0.6 is 0 Å². The Morgan fingerprint density at radius 2 is 1.89 bits per heavy atom. The highest BCUT2D eigenvalue weighted by atomic mass is 16.6. The molecule has 1 aromatic carbocycles. The van der Waals surface area contributed by atoms with Crippen molar-refractivity contribution in [2.24, 2.45) is 28.9 Å². The third-order valence-corrected chi connectivity index (χ3v) is 9.72. The van der Waals surface area contributed by atoms with E-state index in [0.717, 1.165) is 50.5 Å². The first-order valence-corrected chi connectivity index (χ1v) is 13.3. The quantitative estimate of drug-likeness (QED) is 0.586. The van der Waals surface area contributed by atoms with E-state index in [1.54, 1.807) is 7.05 Å². The van der Waals surface area contributed by atoms with Crippen LogP contribution in [0.25, 0.3) is 0 Å². The Hall–Kier alpha value is -2.43. The molecule has 7 atom stereocenters. The number of likely N-dealkylation sites (N-methyl/N-ethyl adjacent to an activating group) is 1. The van der Waals surface area contributed by atoms with Gasteiger partial charge >= 0.3 is 5.97 Å². The zero-order valence-corrected chi connectivity index (χ0v) is 20.5. The van der Waals surface area contributed by atoms with Crippen LogP contribution in [-0.4, -0.2) is 53.6 Å². The highest BCUT2D eigenvalue weighted by Gasteiger charge is 2.64. The van der Waals surface area contributed by atoms with Crippen LogP contribution in [-0.2, 0) is 20.7 Å². The minimum Gasteiger partial charge on any atom is -0.458 e. The Morgan fingerprint density at radius 3 is 2.54 bits per heavy atom. The molecule has 7 rings (SSSR count). The van der Waals surface area contributed by atoms with Gasteiger partial charge in [0, 0.05) is 6.04 Å². The zero-order chi connectivity index (χ0) is 24.4. The van der Waals surface area contributed by atoms with Crippen molar-refractivity contribution in [1.82, 2.24) is 10.2 Å². The lowest BCUT2D eigenvalue weighted by atomic mass is 9.46. The van der Waals surface area contributed by atoms with E-state index in [9.17, 15) is 14.9 Å². The van der Waals surface area contributed by atoms with E-state index < -0.39 is 17.7 Å². The highest BCUT2D eigenvalue weighted by Crippen LogP contribution is 2.64. The number of esters is 1. The summed E-state index contributed by atoms with van der Waals surface area (Å²) in [6.07, 6.45) is 7.75. The van der Waals surface area contributed by atoms with E-state index in [4.69, 9.17) is 10.5 Å². The summed E-state index contributed by atoms with van der Waals surface area (Å²) in [5.74, 6) is 1.08. The van der Waals surface area contributed by atoms with Crippen molar-refractivity contribution in [1.29, 1.82) is 5.26 Å². The maximum atomic E-state index is 13.7. The largest absolute Gasteiger partial charge is 0.458 e. The van der Waals surface area contributed by atoms with E-state index in [1.807, 2.05) is 35.2 Å². The van der Waals surface area contributed by atoms with E-state index in [0.29, 0.717) is 30.6 Å². The van der Waals surface area contributed by atoms with Gasteiger partial charge in [-0.25, -0.2) is 0 Å². The molecule has 0 spiro atoms. The first kappa shape index (κ1) is 23.0. The topological polar surface area (TPSA) is 108 Å². The SMILES string of the molecule is CN[C@@H](Cc1ccccc1)C(=O)OC12CC3CC(C1)CC([C@H](N)C(=O)N1[C@H](C#N)C[C@@H]4C[C@@H]41)(C3)C2. The van der Waals surface area contributed by atoms with E-state index in [2.05, 4.69) is 11.4 Å². The lowest BCUT2D eigenvalue weighted by Crippen LogP contribution is -2.66. The van der Waals surface area contributed by atoms with Crippen LogP contribution in [0.4, 0.5) is 0 Å². The number of nitrogens with two attached hydrogens (primary N) is 1. The first-order valence-electron chi connectivity index (χ1n) is 13.3. The Labute approximate surface area is 207 Å². The maximum absolute atomic E-state index is 13.7. The van der Waals surface area contributed by atoms with Crippen LogP contribution in [0.15, 0.2) is 30.3 Å². The van der Waals surface area contributed by atoms with Gasteiger partial charge in [0.1, 0.15) is 17.7 Å². The number of amides is 1. The number of ether oxygens (including phenoxy) is 1. The third kappa shape index (κ3) is 3.86. The molecule has 5 aliphatic carbocycles. The van der Waals surface area contributed by atoms with Gasteiger partial charge in [-0.1, -0.05) is 30.3 Å². The molecular weight excluding hydrogens is 440 g/mol. The number of rotatable bonds is 7. The van der Waals surface area contributed by atoms with Crippen LogP contribution in [0.2, 0.25) is 0 Å². The number of likely N-dealkylation sites (tertiary alicyclic amines) is 1. The molecule has 7 nitrogen and oxygen atoms in total. The highest BCUT2D eigenvalue weighted by molar-refractivity contribution is 5.84. The van der Waals surface area contributed by atoms with Crippen LogP contribution in [0.3, 0.4) is 0 Å². The van der Waals surface area contributed by atoms with Crippen LogP contribution < -0.4 is 11.1 Å². The first-order chi connectivity index (χ1) is 16.9. The molecule has 1 heterocycles. The number of nitrogens with one attached hydrogen (secondary N) is 1. The summed E-state index contributed by atoms with van der Waals surface area (Å²) in [5, 5.41) is 12.8. The predicted octanol–water partition coefficient (Wildman–Crippen LogP) is 2.54. The van der Waals surface area contributed by atoms with Crippen molar-refractivity contribution in [3.05, 3.63) is 35.9 Å². The second-order valence-electron chi connectivity index (χ2n) is 12.1. The molecule has 0 radical (unpaired) electrons. The Kier molecular flexibility index (Phi) is 5.46. The van der Waals surface area contributed by atoms with Crippen molar-refractivity contribution in [3.8, 4) is 6.07 Å². The van der Waals surface area contributed by atoms with Crippen molar-refractivity contribution < 1.29 is 14.3 Å². The second-order valence-corrected chi connectivity index (χ2v) is 12.1. The van der Waals surface area contributed by atoms with E-state index in [1.165, 1.54) is 0 Å². The number of nitrogens with zero attached hydrogens (tertiary/aromatic N) is 2. The van der Waals surface area contributed by atoms with Crippen LogP contribution in [0.5, 0.6) is 0 Å². The average molecular weight is 477 g/mol. The number of hydrogen-bond donors (Lipinski definition) is 2. The summed E-state index contributed by atoms with van der Waals surface area (Å²) in [4.78, 5) is 28.9. The Balaban J connectivity index is 1.21. The van der Waals surface area contributed by atoms with Gasteiger partial charge in [0.25, 0.3) is 0 Å². The summed E-state index contributed by atoms with van der Waals surface area (Å²) in [7, 11) is 1.80. The maximum Gasteiger partial charge on any atom is 0.324 e. The van der Waals surface area contributed by atoms with Crippen molar-refractivity contribution in [2.75, 3.05) is 7.05 Å². The number of carbonyl (C=O) groups excluding carboxylic acids is 2. The molecule has 6 aliphatic rings.